The molecule has 0 radical (unpaired) electrons. The summed E-state index contributed by atoms with van der Waals surface area (Å²) < 4.78 is 6.23. The van der Waals surface area contributed by atoms with Gasteiger partial charge in [-0.25, -0.2) is 0 Å². The Labute approximate surface area is 347 Å². The number of rotatable bonds is 3. The predicted octanol–water partition coefficient (Wildman–Crippen LogP) is 16.7. The number of benzene rings is 11. The SMILES string of the molecule is CC1(C)c2c(ccc3ccccc23)-c2c1c1ccc(-c3ccc(-c4c5ccccc5c(-c5ccc6oc7ccccc7c6c5)c5ccccc45)cc3)cc1c1ccccc21. The molecular formula is C59H38O. The molecule has 0 bridgehead atoms. The van der Waals surface area contributed by atoms with Gasteiger partial charge in [0.2, 0.25) is 0 Å². The van der Waals surface area contributed by atoms with Crippen LogP contribution in [-0.2, 0) is 5.41 Å². The molecule has 0 aliphatic heterocycles. The smallest absolute Gasteiger partial charge is 0.135 e. The van der Waals surface area contributed by atoms with Crippen LogP contribution >= 0.6 is 0 Å². The summed E-state index contributed by atoms with van der Waals surface area (Å²) in [6.45, 7) is 4.84. The maximum Gasteiger partial charge on any atom is 0.135 e. The molecule has 1 aliphatic rings. The lowest BCUT2D eigenvalue weighted by molar-refractivity contribution is 0.669. The number of hydrogen-bond acceptors (Lipinski definition) is 1. The van der Waals surface area contributed by atoms with E-state index >= 15 is 0 Å². The van der Waals surface area contributed by atoms with Crippen LogP contribution in [0.25, 0.3) is 120 Å². The lowest BCUT2D eigenvalue weighted by Crippen LogP contribution is -2.16. The molecule has 0 fully saturated rings. The molecule has 1 aromatic heterocycles. The van der Waals surface area contributed by atoms with E-state index in [-0.39, 0.29) is 5.41 Å². The molecule has 60 heavy (non-hydrogen) atoms. The van der Waals surface area contributed by atoms with Gasteiger partial charge >= 0.3 is 0 Å². The van der Waals surface area contributed by atoms with Crippen LogP contribution in [0.15, 0.2) is 199 Å². The molecule has 1 aliphatic carbocycles. The van der Waals surface area contributed by atoms with E-state index in [1.54, 1.807) is 0 Å². The summed E-state index contributed by atoms with van der Waals surface area (Å²) in [6.07, 6.45) is 0. The summed E-state index contributed by atoms with van der Waals surface area (Å²) >= 11 is 0. The van der Waals surface area contributed by atoms with Gasteiger partial charge in [-0.05, 0) is 134 Å². The molecule has 0 amide bonds. The fraction of sp³-hybridized carbons (Fsp3) is 0.0508. The van der Waals surface area contributed by atoms with Crippen LogP contribution in [-0.4, -0.2) is 0 Å². The first-order valence-corrected chi connectivity index (χ1v) is 21.0. The van der Waals surface area contributed by atoms with Gasteiger partial charge in [-0.2, -0.15) is 0 Å². The van der Waals surface area contributed by atoms with E-state index in [0.717, 1.165) is 21.9 Å². The Morgan fingerprint density at radius 1 is 0.300 bits per heavy atom. The highest BCUT2D eigenvalue weighted by Crippen LogP contribution is 2.56. The molecule has 13 rings (SSSR count). The Bertz CT molecular complexity index is 3730. The summed E-state index contributed by atoms with van der Waals surface area (Å²) in [7, 11) is 0. The number of hydrogen-bond donors (Lipinski definition) is 0. The van der Waals surface area contributed by atoms with Crippen LogP contribution in [0.4, 0.5) is 0 Å². The molecule has 1 heterocycles. The summed E-state index contributed by atoms with van der Waals surface area (Å²) in [4.78, 5) is 0. The highest BCUT2D eigenvalue weighted by Gasteiger charge is 2.39. The lowest BCUT2D eigenvalue weighted by Gasteiger charge is -2.25. The largest absolute Gasteiger partial charge is 0.456 e. The standard InChI is InChI=1S/C59H38O/c1-59(2)57-40-14-4-3-13-36(40)27-31-49(57)56-43-17-6-5-15-41(43)50-33-38(28-30-48(50)58(56)59)35-23-25-37(26-24-35)54-44-18-7-9-20-46(44)55(47-21-10-8-19-45(47)54)39-29-32-53-51(34-39)42-16-11-12-22-52(42)60-53/h3-34H,1-2H3. The first kappa shape index (κ1) is 33.5. The van der Waals surface area contributed by atoms with Crippen LogP contribution in [0.5, 0.6) is 0 Å². The first-order valence-electron chi connectivity index (χ1n) is 21.0. The Kier molecular flexibility index (Phi) is 6.85. The second-order valence-corrected chi connectivity index (χ2v) is 17.1. The quantitative estimate of drug-likeness (QED) is 0.129. The van der Waals surface area contributed by atoms with Crippen molar-refractivity contribution in [2.24, 2.45) is 0 Å². The molecule has 0 spiro atoms. The molecular weight excluding hydrogens is 725 g/mol. The van der Waals surface area contributed by atoms with Gasteiger partial charge in [-0.3, -0.25) is 0 Å². The van der Waals surface area contributed by atoms with E-state index in [9.17, 15) is 0 Å². The average Bonchev–Trinajstić information content (AvgIpc) is 3.79. The molecule has 1 heteroatoms. The Morgan fingerprint density at radius 2 is 0.800 bits per heavy atom. The highest BCUT2D eigenvalue weighted by atomic mass is 16.3. The number of para-hydroxylation sites is 1. The molecule has 0 saturated carbocycles. The average molecular weight is 763 g/mol. The fourth-order valence-corrected chi connectivity index (χ4v) is 11.0. The van der Waals surface area contributed by atoms with Gasteiger partial charge < -0.3 is 4.42 Å². The van der Waals surface area contributed by atoms with Crippen LogP contribution < -0.4 is 0 Å². The van der Waals surface area contributed by atoms with Crippen molar-refractivity contribution in [2.75, 3.05) is 0 Å². The van der Waals surface area contributed by atoms with Crippen molar-refractivity contribution in [1.82, 2.24) is 0 Å². The molecule has 1 nitrogen and oxygen atoms in total. The van der Waals surface area contributed by atoms with E-state index < -0.39 is 0 Å². The van der Waals surface area contributed by atoms with E-state index in [4.69, 9.17) is 4.42 Å². The molecule has 0 N–H and O–H groups in total. The van der Waals surface area contributed by atoms with Crippen LogP contribution in [0.3, 0.4) is 0 Å². The Morgan fingerprint density at radius 3 is 1.50 bits per heavy atom. The van der Waals surface area contributed by atoms with E-state index in [0.29, 0.717) is 0 Å². The summed E-state index contributed by atoms with van der Waals surface area (Å²) in [5.41, 5.74) is 14.7. The Hall–Kier alpha value is -7.48. The van der Waals surface area contributed by atoms with Gasteiger partial charge in [0.1, 0.15) is 11.2 Å². The summed E-state index contributed by atoms with van der Waals surface area (Å²) in [5.74, 6) is 0. The Balaban J connectivity index is 0.963. The zero-order valence-electron chi connectivity index (χ0n) is 33.4. The van der Waals surface area contributed by atoms with Gasteiger partial charge in [-0.15, -0.1) is 0 Å². The predicted molar refractivity (Wildman–Crippen MR) is 255 cm³/mol. The summed E-state index contributed by atoms with van der Waals surface area (Å²) in [6, 6.07) is 71.8. The summed E-state index contributed by atoms with van der Waals surface area (Å²) in [5, 5.41) is 15.2. The lowest BCUT2D eigenvalue weighted by atomic mass is 9.77. The first-order chi connectivity index (χ1) is 29.5. The molecule has 0 unspecified atom stereocenters. The zero-order chi connectivity index (χ0) is 39.7. The van der Waals surface area contributed by atoms with Gasteiger partial charge in [0.05, 0.1) is 0 Å². The molecule has 12 aromatic rings. The third-order valence-electron chi connectivity index (χ3n) is 13.6. The minimum atomic E-state index is -0.154. The maximum absolute atomic E-state index is 6.23. The fourth-order valence-electron chi connectivity index (χ4n) is 11.0. The van der Waals surface area contributed by atoms with Crippen LogP contribution in [0.2, 0.25) is 0 Å². The molecule has 0 saturated heterocycles. The van der Waals surface area contributed by atoms with Crippen molar-refractivity contribution < 1.29 is 4.42 Å². The third-order valence-corrected chi connectivity index (χ3v) is 13.6. The minimum absolute atomic E-state index is 0.154. The van der Waals surface area contributed by atoms with Gasteiger partial charge in [0, 0.05) is 16.2 Å². The normalized spacial score (nSPS) is 13.3. The van der Waals surface area contributed by atoms with Gasteiger partial charge in [0.15, 0.2) is 0 Å². The van der Waals surface area contributed by atoms with Crippen molar-refractivity contribution in [1.29, 1.82) is 0 Å². The molecule has 280 valence electrons. The van der Waals surface area contributed by atoms with E-state index in [2.05, 4.69) is 196 Å². The highest BCUT2D eigenvalue weighted by molar-refractivity contribution is 6.23. The second-order valence-electron chi connectivity index (χ2n) is 17.1. The van der Waals surface area contributed by atoms with E-state index in [1.165, 1.54) is 109 Å². The minimum Gasteiger partial charge on any atom is -0.456 e. The van der Waals surface area contributed by atoms with Crippen molar-refractivity contribution in [3.05, 3.63) is 205 Å². The third kappa shape index (κ3) is 4.58. The molecule has 0 atom stereocenters. The molecule has 11 aromatic carbocycles. The second kappa shape index (κ2) is 12.3. The number of fused-ring (bicyclic) bond motifs is 15. The monoisotopic (exact) mass is 762 g/mol. The van der Waals surface area contributed by atoms with Crippen LogP contribution in [0.1, 0.15) is 25.0 Å². The van der Waals surface area contributed by atoms with Gasteiger partial charge in [-0.1, -0.05) is 184 Å². The van der Waals surface area contributed by atoms with Crippen molar-refractivity contribution in [3.63, 3.8) is 0 Å². The topological polar surface area (TPSA) is 13.1 Å². The maximum atomic E-state index is 6.23. The van der Waals surface area contributed by atoms with Crippen molar-refractivity contribution in [2.45, 2.75) is 19.3 Å². The zero-order valence-corrected chi connectivity index (χ0v) is 33.4. The van der Waals surface area contributed by atoms with E-state index in [1.807, 2.05) is 12.1 Å². The van der Waals surface area contributed by atoms with Gasteiger partial charge in [0.25, 0.3) is 0 Å². The number of furan rings is 1. The van der Waals surface area contributed by atoms with Crippen molar-refractivity contribution in [3.8, 4) is 44.5 Å². The van der Waals surface area contributed by atoms with Crippen molar-refractivity contribution >= 4 is 75.8 Å². The van der Waals surface area contributed by atoms with Crippen LogP contribution in [0, 0.1) is 0 Å².